The van der Waals surface area contributed by atoms with E-state index in [4.69, 9.17) is 0 Å². The maximum Gasteiger partial charge on any atom is 0.0543 e. The molecule has 0 bridgehead atoms. The van der Waals surface area contributed by atoms with Gasteiger partial charge in [-0.25, -0.2) is 0 Å². The van der Waals surface area contributed by atoms with Crippen LogP contribution >= 0.6 is 0 Å². The molecule has 3 saturated heterocycles. The van der Waals surface area contributed by atoms with Crippen LogP contribution in [0.2, 0.25) is 0 Å². The van der Waals surface area contributed by atoms with Crippen molar-refractivity contribution >= 4 is 0 Å². The van der Waals surface area contributed by atoms with E-state index in [-0.39, 0.29) is 6.10 Å². The Kier molecular flexibility index (Phi) is 21.1. The maximum atomic E-state index is 9.26. The lowest BCUT2D eigenvalue weighted by Crippen LogP contribution is -2.39. The summed E-state index contributed by atoms with van der Waals surface area (Å²) in [6.07, 6.45) is 18.8. The van der Waals surface area contributed by atoms with Gasteiger partial charge in [0.1, 0.15) is 0 Å². The summed E-state index contributed by atoms with van der Waals surface area (Å²) in [6.45, 7) is 46.0. The van der Waals surface area contributed by atoms with Gasteiger partial charge >= 0.3 is 0 Å². The predicted molar refractivity (Wildman–Crippen MR) is 233 cm³/mol. The molecule has 52 heavy (non-hydrogen) atoms. The lowest BCUT2D eigenvalue weighted by Gasteiger charge is -2.34. The topological polar surface area (TPSA) is 30.0 Å². The molecule has 0 aromatic carbocycles. The molecule has 312 valence electrons. The Balaban J connectivity index is 0.000000326. The summed E-state index contributed by atoms with van der Waals surface area (Å²) in [5, 5.41) is 9.26. The van der Waals surface area contributed by atoms with E-state index in [1.54, 1.807) is 0 Å². The Morgan fingerprint density at radius 2 is 0.885 bits per heavy atom. The lowest BCUT2D eigenvalue weighted by molar-refractivity contribution is 0.141. The van der Waals surface area contributed by atoms with Crippen LogP contribution in [0.4, 0.5) is 0 Å². The zero-order valence-corrected chi connectivity index (χ0v) is 39.2. The van der Waals surface area contributed by atoms with Gasteiger partial charge in [-0.3, -0.25) is 4.90 Å². The van der Waals surface area contributed by atoms with Crippen molar-refractivity contribution in [1.82, 2.24) is 14.7 Å². The Morgan fingerprint density at radius 1 is 0.462 bits per heavy atom. The fourth-order valence-electron chi connectivity index (χ4n) is 10.1. The minimum Gasteiger partial charge on any atom is -0.393 e. The van der Waals surface area contributed by atoms with Gasteiger partial charge in [0.05, 0.1) is 6.10 Å². The summed E-state index contributed by atoms with van der Waals surface area (Å²) in [5.74, 6) is 1.75. The number of likely N-dealkylation sites (tertiary alicyclic amines) is 3. The van der Waals surface area contributed by atoms with Crippen LogP contribution < -0.4 is 0 Å². The van der Waals surface area contributed by atoms with Gasteiger partial charge in [0.2, 0.25) is 0 Å². The van der Waals surface area contributed by atoms with Crippen LogP contribution in [0.3, 0.4) is 0 Å². The molecule has 1 N–H and O–H groups in total. The largest absolute Gasteiger partial charge is 0.393 e. The zero-order valence-electron chi connectivity index (χ0n) is 39.2. The molecule has 5 rings (SSSR count). The third kappa shape index (κ3) is 18.2. The lowest BCUT2D eigenvalue weighted by atomic mass is 9.80. The molecule has 2 aliphatic carbocycles. The molecule has 4 nitrogen and oxygen atoms in total. The molecule has 0 radical (unpaired) electrons. The summed E-state index contributed by atoms with van der Waals surface area (Å²) in [4.78, 5) is 7.76. The quantitative estimate of drug-likeness (QED) is 0.313. The molecule has 5 fully saturated rings. The van der Waals surface area contributed by atoms with E-state index in [2.05, 4.69) is 139 Å². The average Bonchev–Trinajstić information content (AvgIpc) is 3.82. The first kappa shape index (κ1) is 49.9. The van der Waals surface area contributed by atoms with Crippen molar-refractivity contribution in [3.8, 4) is 0 Å². The molecule has 0 amide bonds. The van der Waals surface area contributed by atoms with Crippen molar-refractivity contribution in [3.05, 3.63) is 0 Å². The Morgan fingerprint density at radius 3 is 1.15 bits per heavy atom. The number of hydrogen-bond donors (Lipinski definition) is 1. The molecule has 2 saturated carbocycles. The number of aliphatic hydroxyl groups is 1. The van der Waals surface area contributed by atoms with Crippen LogP contribution in [0.15, 0.2) is 0 Å². The van der Waals surface area contributed by atoms with Crippen LogP contribution in [0.1, 0.15) is 208 Å². The number of rotatable bonds is 3. The standard InChI is InChI=1S/C11H23N.C10H21N.C9H19N.C9H18O.C9H18/c1-5-8-12-9-6-7-10(12)11(2,3)4;1-5-11-8-6-7-9(11)10(2,3)4;1-9(2,3)8-6-5-7-10(8)4;1-9(2,3)7-4-5-8(10)6-7;1-9(2,3)8-6-4-5-7-8/h10H,5-9H2,1-4H3;9H,5-8H2,1-4H3;8H,5-7H2,1-4H3;7-8,10H,4-6H2,1-3H3;8H,4-7H2,1-3H3. The van der Waals surface area contributed by atoms with Gasteiger partial charge in [-0.05, 0) is 156 Å². The van der Waals surface area contributed by atoms with Gasteiger partial charge in [0.25, 0.3) is 0 Å². The molecule has 5 unspecified atom stereocenters. The maximum absolute atomic E-state index is 9.26. The molecule has 0 aromatic heterocycles. The Hall–Kier alpha value is -0.160. The smallest absolute Gasteiger partial charge is 0.0543 e. The van der Waals surface area contributed by atoms with E-state index in [9.17, 15) is 5.11 Å². The zero-order chi connectivity index (χ0) is 40.1. The van der Waals surface area contributed by atoms with Crippen LogP contribution in [0.5, 0.6) is 0 Å². The number of hydrogen-bond acceptors (Lipinski definition) is 4. The van der Waals surface area contributed by atoms with Gasteiger partial charge in [0.15, 0.2) is 0 Å². The summed E-state index contributed by atoms with van der Waals surface area (Å²) >= 11 is 0. The second kappa shape index (κ2) is 22.0. The van der Waals surface area contributed by atoms with Crippen molar-refractivity contribution in [2.75, 3.05) is 39.8 Å². The van der Waals surface area contributed by atoms with Gasteiger partial charge < -0.3 is 14.9 Å². The molecular weight excluding hydrogens is 635 g/mol. The molecule has 5 aliphatic rings. The van der Waals surface area contributed by atoms with Crippen LogP contribution in [-0.4, -0.2) is 83.8 Å². The summed E-state index contributed by atoms with van der Waals surface area (Å²) in [5.41, 5.74) is 2.41. The van der Waals surface area contributed by atoms with Crippen molar-refractivity contribution in [2.45, 2.75) is 232 Å². The normalized spacial score (nSPS) is 28.3. The molecule has 0 aromatic rings. The van der Waals surface area contributed by atoms with Crippen LogP contribution in [-0.2, 0) is 0 Å². The van der Waals surface area contributed by atoms with Crippen LogP contribution in [0, 0.1) is 38.9 Å². The summed E-state index contributed by atoms with van der Waals surface area (Å²) in [6, 6.07) is 2.47. The highest BCUT2D eigenvalue weighted by Gasteiger charge is 2.35. The van der Waals surface area contributed by atoms with Crippen molar-refractivity contribution < 1.29 is 5.11 Å². The first-order valence-electron chi connectivity index (χ1n) is 22.6. The van der Waals surface area contributed by atoms with E-state index in [1.165, 1.54) is 110 Å². The molecule has 4 heteroatoms. The molecular formula is C48H99N3O. The first-order valence-corrected chi connectivity index (χ1v) is 22.6. The minimum absolute atomic E-state index is 0.00998. The van der Waals surface area contributed by atoms with E-state index in [1.807, 2.05) is 0 Å². The molecule has 3 aliphatic heterocycles. The third-order valence-electron chi connectivity index (χ3n) is 13.4. The van der Waals surface area contributed by atoms with E-state index < -0.39 is 0 Å². The molecule has 0 spiro atoms. The Labute approximate surface area is 329 Å². The van der Waals surface area contributed by atoms with Crippen molar-refractivity contribution in [2.24, 2.45) is 38.9 Å². The highest BCUT2D eigenvalue weighted by Crippen LogP contribution is 2.40. The van der Waals surface area contributed by atoms with Crippen LogP contribution in [0.25, 0.3) is 0 Å². The summed E-state index contributed by atoms with van der Waals surface area (Å²) in [7, 11) is 2.24. The SMILES string of the molecule is CC(C)(C)C1CCC(O)C1.CC(C)(C)C1CCCC1.CCCN1CCCC1C(C)(C)C.CCN1CCCC1C(C)(C)C.CN1CCCC1C(C)(C)C. The van der Waals surface area contributed by atoms with Gasteiger partial charge in [-0.1, -0.05) is 131 Å². The highest BCUT2D eigenvalue weighted by molar-refractivity contribution is 4.89. The van der Waals surface area contributed by atoms with Gasteiger partial charge in [0, 0.05) is 18.1 Å². The van der Waals surface area contributed by atoms with Crippen molar-refractivity contribution in [3.63, 3.8) is 0 Å². The van der Waals surface area contributed by atoms with E-state index >= 15 is 0 Å². The van der Waals surface area contributed by atoms with Gasteiger partial charge in [-0.2, -0.15) is 0 Å². The predicted octanol–water partition coefficient (Wildman–Crippen LogP) is 13.0. The van der Waals surface area contributed by atoms with E-state index in [0.29, 0.717) is 27.1 Å². The molecule has 5 atom stereocenters. The van der Waals surface area contributed by atoms with Crippen molar-refractivity contribution in [1.29, 1.82) is 0 Å². The second-order valence-electron chi connectivity index (χ2n) is 23.1. The fourth-order valence-corrected chi connectivity index (χ4v) is 10.1. The molecule has 3 heterocycles. The minimum atomic E-state index is -0.00998. The second-order valence-corrected chi connectivity index (χ2v) is 23.1. The fraction of sp³-hybridized carbons (Fsp3) is 1.00. The monoisotopic (exact) mass is 734 g/mol. The highest BCUT2D eigenvalue weighted by atomic mass is 16.3. The first-order chi connectivity index (χ1) is 23.7. The van der Waals surface area contributed by atoms with E-state index in [0.717, 1.165) is 42.8 Å². The number of nitrogens with zero attached hydrogens (tertiary/aromatic N) is 3. The Bertz CT molecular complexity index is 920. The average molecular weight is 734 g/mol. The summed E-state index contributed by atoms with van der Waals surface area (Å²) < 4.78 is 0. The number of aliphatic hydroxyl groups excluding tert-OH is 1. The third-order valence-corrected chi connectivity index (χ3v) is 13.4. The van der Waals surface area contributed by atoms with Gasteiger partial charge in [-0.15, -0.1) is 0 Å².